The molecule has 4 heteroatoms. The molecule has 0 aliphatic carbocycles. The molecule has 0 aliphatic rings. The second kappa shape index (κ2) is 6.24. The minimum atomic E-state index is -0.325. The van der Waals surface area contributed by atoms with Crippen LogP contribution in [0.3, 0.4) is 0 Å². The molecular weight excluding hydrogens is 238 g/mol. The lowest BCUT2D eigenvalue weighted by Gasteiger charge is -2.25. The van der Waals surface area contributed by atoms with Gasteiger partial charge in [-0.15, -0.1) is 0 Å². The summed E-state index contributed by atoms with van der Waals surface area (Å²) in [4.78, 5) is 0. The summed E-state index contributed by atoms with van der Waals surface area (Å²) >= 11 is 5.99. The highest BCUT2D eigenvalue weighted by Gasteiger charge is 2.20. The summed E-state index contributed by atoms with van der Waals surface area (Å²) in [5.74, 6) is 0.823. The molecule has 0 spiro atoms. The van der Waals surface area contributed by atoms with E-state index < -0.39 is 0 Å². The highest BCUT2D eigenvalue weighted by molar-refractivity contribution is 6.30. The van der Waals surface area contributed by atoms with E-state index in [9.17, 15) is 0 Å². The van der Waals surface area contributed by atoms with Crippen LogP contribution in [0.4, 0.5) is 0 Å². The van der Waals surface area contributed by atoms with Gasteiger partial charge in [0.15, 0.2) is 0 Å². The number of hydrogen-bond acceptors (Lipinski definition) is 3. The van der Waals surface area contributed by atoms with Crippen molar-refractivity contribution in [2.75, 3.05) is 20.8 Å². The molecule has 0 radical (unpaired) electrons. The van der Waals surface area contributed by atoms with Crippen LogP contribution in [0.15, 0.2) is 18.2 Å². The van der Waals surface area contributed by atoms with Gasteiger partial charge in [-0.1, -0.05) is 11.6 Å². The Bertz CT molecular complexity index is 366. The lowest BCUT2D eigenvalue weighted by atomic mass is 9.90. The van der Waals surface area contributed by atoms with Gasteiger partial charge < -0.3 is 15.2 Å². The lowest BCUT2D eigenvalue weighted by molar-refractivity contribution is 0.171. The molecule has 2 N–H and O–H groups in total. The third-order valence-corrected chi connectivity index (χ3v) is 2.95. The maximum Gasteiger partial charge on any atom is 0.122 e. The van der Waals surface area contributed by atoms with Gasteiger partial charge in [-0.05, 0) is 43.5 Å². The monoisotopic (exact) mass is 257 g/mol. The van der Waals surface area contributed by atoms with Crippen molar-refractivity contribution in [3.63, 3.8) is 0 Å². The molecule has 96 valence electrons. The van der Waals surface area contributed by atoms with Crippen LogP contribution in [0.2, 0.25) is 5.02 Å². The number of halogens is 1. The van der Waals surface area contributed by atoms with Crippen molar-refractivity contribution in [2.45, 2.75) is 25.3 Å². The first-order valence-corrected chi connectivity index (χ1v) is 5.96. The van der Waals surface area contributed by atoms with Crippen LogP contribution in [0.25, 0.3) is 0 Å². The average molecular weight is 258 g/mol. The Labute approximate surface area is 108 Å². The van der Waals surface area contributed by atoms with Gasteiger partial charge in [-0.3, -0.25) is 0 Å². The van der Waals surface area contributed by atoms with Crippen LogP contribution in [0, 0.1) is 0 Å². The minimum Gasteiger partial charge on any atom is -0.496 e. The summed E-state index contributed by atoms with van der Waals surface area (Å²) < 4.78 is 10.4. The van der Waals surface area contributed by atoms with Crippen molar-refractivity contribution in [1.82, 2.24) is 0 Å². The van der Waals surface area contributed by atoms with E-state index in [1.165, 1.54) is 0 Å². The zero-order valence-electron chi connectivity index (χ0n) is 10.6. The number of methoxy groups -OCH3 is 2. The Kier molecular flexibility index (Phi) is 5.25. The van der Waals surface area contributed by atoms with E-state index in [-0.39, 0.29) is 5.54 Å². The average Bonchev–Trinajstić information content (AvgIpc) is 2.26. The van der Waals surface area contributed by atoms with E-state index in [1.54, 1.807) is 14.2 Å². The third kappa shape index (κ3) is 4.54. The second-order valence-electron chi connectivity index (χ2n) is 4.53. The molecule has 0 bridgehead atoms. The van der Waals surface area contributed by atoms with Gasteiger partial charge in [-0.2, -0.15) is 0 Å². The predicted molar refractivity (Wildman–Crippen MR) is 70.8 cm³/mol. The van der Waals surface area contributed by atoms with Crippen LogP contribution in [0.5, 0.6) is 5.75 Å². The molecule has 0 saturated carbocycles. The highest BCUT2D eigenvalue weighted by atomic mass is 35.5. The van der Waals surface area contributed by atoms with Gasteiger partial charge in [0.2, 0.25) is 0 Å². The zero-order valence-corrected chi connectivity index (χ0v) is 11.4. The Hall–Kier alpha value is -0.770. The van der Waals surface area contributed by atoms with Crippen LogP contribution in [-0.2, 0) is 11.2 Å². The number of benzene rings is 1. The summed E-state index contributed by atoms with van der Waals surface area (Å²) in [7, 11) is 3.33. The van der Waals surface area contributed by atoms with Crippen molar-refractivity contribution < 1.29 is 9.47 Å². The van der Waals surface area contributed by atoms with Gasteiger partial charge >= 0.3 is 0 Å². The molecular formula is C13H20ClNO2. The van der Waals surface area contributed by atoms with E-state index in [4.69, 9.17) is 26.8 Å². The van der Waals surface area contributed by atoms with Crippen molar-refractivity contribution in [3.8, 4) is 5.75 Å². The first-order chi connectivity index (χ1) is 7.98. The fraction of sp³-hybridized carbons (Fsp3) is 0.538. The smallest absolute Gasteiger partial charge is 0.122 e. The number of rotatable bonds is 6. The van der Waals surface area contributed by atoms with Crippen LogP contribution in [-0.4, -0.2) is 26.4 Å². The summed E-state index contributed by atoms with van der Waals surface area (Å²) in [5, 5.41) is 0.698. The quantitative estimate of drug-likeness (QED) is 0.852. The molecule has 0 amide bonds. The normalized spacial score (nSPS) is 14.4. The maximum atomic E-state index is 6.23. The Balaban J connectivity index is 2.82. The Morgan fingerprint density at radius 3 is 2.65 bits per heavy atom. The maximum absolute atomic E-state index is 6.23. The zero-order chi connectivity index (χ0) is 12.9. The highest BCUT2D eigenvalue weighted by Crippen LogP contribution is 2.26. The van der Waals surface area contributed by atoms with Gasteiger partial charge in [0.1, 0.15) is 5.75 Å². The van der Waals surface area contributed by atoms with E-state index in [1.807, 2.05) is 25.1 Å². The molecule has 1 rings (SSSR count). The molecule has 0 heterocycles. The predicted octanol–water partition coefficient (Wildman–Crippen LogP) is 2.65. The summed E-state index contributed by atoms with van der Waals surface area (Å²) in [6.45, 7) is 2.66. The van der Waals surface area contributed by atoms with Crippen LogP contribution in [0.1, 0.15) is 18.9 Å². The summed E-state index contributed by atoms with van der Waals surface area (Å²) in [6.07, 6.45) is 1.50. The number of hydrogen-bond donors (Lipinski definition) is 1. The number of nitrogens with two attached hydrogens (primary N) is 1. The van der Waals surface area contributed by atoms with E-state index in [2.05, 4.69) is 0 Å². The van der Waals surface area contributed by atoms with Gasteiger partial charge in [0.05, 0.1) is 7.11 Å². The molecule has 1 aromatic rings. The Morgan fingerprint density at radius 2 is 2.06 bits per heavy atom. The largest absolute Gasteiger partial charge is 0.496 e. The molecule has 1 atom stereocenters. The molecule has 0 aromatic heterocycles. The first-order valence-electron chi connectivity index (χ1n) is 5.59. The van der Waals surface area contributed by atoms with Crippen LogP contribution >= 0.6 is 11.6 Å². The van der Waals surface area contributed by atoms with E-state index in [0.29, 0.717) is 18.1 Å². The van der Waals surface area contributed by atoms with Crippen LogP contribution < -0.4 is 10.5 Å². The summed E-state index contributed by atoms with van der Waals surface area (Å²) in [5.41, 5.74) is 6.93. The Morgan fingerprint density at radius 1 is 1.35 bits per heavy atom. The fourth-order valence-electron chi connectivity index (χ4n) is 1.74. The molecule has 1 aromatic carbocycles. The van der Waals surface area contributed by atoms with Crippen molar-refractivity contribution >= 4 is 11.6 Å². The minimum absolute atomic E-state index is 0.325. The second-order valence-corrected chi connectivity index (χ2v) is 4.97. The lowest BCUT2D eigenvalue weighted by Crippen LogP contribution is -2.39. The third-order valence-electron chi connectivity index (χ3n) is 2.71. The van der Waals surface area contributed by atoms with Gasteiger partial charge in [-0.25, -0.2) is 0 Å². The first kappa shape index (κ1) is 14.3. The van der Waals surface area contributed by atoms with E-state index >= 15 is 0 Å². The van der Waals surface area contributed by atoms with Crippen molar-refractivity contribution in [2.24, 2.45) is 5.73 Å². The van der Waals surface area contributed by atoms with Crippen molar-refractivity contribution in [1.29, 1.82) is 0 Å². The topological polar surface area (TPSA) is 44.5 Å². The molecule has 0 aliphatic heterocycles. The molecule has 0 fully saturated rings. The molecule has 0 saturated heterocycles. The van der Waals surface area contributed by atoms with Gasteiger partial charge in [0.25, 0.3) is 0 Å². The van der Waals surface area contributed by atoms with E-state index in [0.717, 1.165) is 17.7 Å². The fourth-order valence-corrected chi connectivity index (χ4v) is 1.94. The summed E-state index contributed by atoms with van der Waals surface area (Å²) in [6, 6.07) is 5.58. The number of ether oxygens (including phenoxy) is 2. The standard InChI is InChI=1S/C13H20ClNO2/c1-13(15,6-7-16-2)9-10-8-11(14)4-5-12(10)17-3/h4-5,8H,6-7,9,15H2,1-3H3. The molecule has 1 unspecified atom stereocenters. The molecule has 3 nitrogen and oxygen atoms in total. The SMILES string of the molecule is COCCC(C)(N)Cc1cc(Cl)ccc1OC. The molecule has 17 heavy (non-hydrogen) atoms. The van der Waals surface area contributed by atoms with Crippen molar-refractivity contribution in [3.05, 3.63) is 28.8 Å². The van der Waals surface area contributed by atoms with Gasteiger partial charge in [0, 0.05) is 24.3 Å².